The first-order valence-corrected chi connectivity index (χ1v) is 19.2. The molecule has 4 rings (SSSR count). The topological polar surface area (TPSA) is 54.6 Å². The lowest BCUT2D eigenvalue weighted by Gasteiger charge is -2.44. The molecule has 2 atom stereocenters. The number of rotatable bonds is 12. The first-order valence-electron chi connectivity index (χ1n) is 14.8. The van der Waals surface area contributed by atoms with E-state index in [1.807, 2.05) is 23.5 Å². The molecule has 0 aromatic rings. The van der Waals surface area contributed by atoms with Gasteiger partial charge in [-0.05, 0) is 118 Å². The van der Waals surface area contributed by atoms with E-state index in [1.54, 1.807) is 0 Å². The summed E-state index contributed by atoms with van der Waals surface area (Å²) in [6.07, 6.45) is 9.11. The number of fused-ring (bicyclic) bond motifs is 2. The van der Waals surface area contributed by atoms with E-state index in [4.69, 9.17) is 73.3 Å². The average Bonchev–Trinajstić information content (AvgIpc) is 3.58. The summed E-state index contributed by atoms with van der Waals surface area (Å²) >= 11 is 38.0. The lowest BCUT2D eigenvalue weighted by atomic mass is 9.92. The van der Waals surface area contributed by atoms with Crippen LogP contribution in [-0.4, -0.2) is 88.7 Å². The molecule has 4 aliphatic rings. The highest BCUT2D eigenvalue weighted by Crippen LogP contribution is 2.43. The number of nitrogens with one attached hydrogen (secondary N) is 4. The van der Waals surface area contributed by atoms with Gasteiger partial charge in [-0.1, -0.05) is 48.9 Å². The molecule has 0 aromatic carbocycles. The molecule has 0 spiro atoms. The van der Waals surface area contributed by atoms with Crippen molar-refractivity contribution in [1.82, 2.24) is 31.1 Å². The molecule has 6 nitrogen and oxygen atoms in total. The van der Waals surface area contributed by atoms with Crippen LogP contribution in [0.3, 0.4) is 0 Å². The molecule has 14 heteroatoms. The van der Waals surface area contributed by atoms with Crippen LogP contribution in [0, 0.1) is 11.8 Å². The third-order valence-electron chi connectivity index (χ3n) is 8.23. The number of hydrogen-bond donors (Lipinski definition) is 4. The van der Waals surface area contributed by atoms with E-state index in [2.05, 4.69) is 70.9 Å². The van der Waals surface area contributed by atoms with Crippen molar-refractivity contribution < 1.29 is 0 Å². The van der Waals surface area contributed by atoms with Crippen molar-refractivity contribution in [2.24, 2.45) is 11.8 Å². The number of thioether (sulfide) groups is 2. The monoisotopic (exact) mass is 730 g/mol. The minimum absolute atomic E-state index is 0.185. The maximum absolute atomic E-state index is 5.87. The van der Waals surface area contributed by atoms with Crippen LogP contribution in [0.25, 0.3) is 0 Å². The van der Waals surface area contributed by atoms with Crippen molar-refractivity contribution >= 4 is 127 Å². The minimum Gasteiger partial charge on any atom is -0.363 e. The van der Waals surface area contributed by atoms with Crippen LogP contribution in [0.1, 0.15) is 59.8 Å². The highest BCUT2D eigenvalue weighted by molar-refractivity contribution is 8.03. The molecular weight excluding hydrogens is 689 g/mol. The molecule has 0 saturated carbocycles. The van der Waals surface area contributed by atoms with Crippen LogP contribution in [-0.2, 0) is 0 Å². The summed E-state index contributed by atoms with van der Waals surface area (Å²) in [5.41, 5.74) is -0.371. The molecular formula is C29H42N6S8. The molecule has 4 N–H and O–H groups in total. The van der Waals surface area contributed by atoms with E-state index < -0.39 is 0 Å². The summed E-state index contributed by atoms with van der Waals surface area (Å²) in [6.45, 7) is 11.8. The zero-order chi connectivity index (χ0) is 31.4. The molecule has 0 bridgehead atoms. The first-order chi connectivity index (χ1) is 20.3. The van der Waals surface area contributed by atoms with Crippen molar-refractivity contribution in [3.05, 3.63) is 22.0 Å². The van der Waals surface area contributed by atoms with Gasteiger partial charge < -0.3 is 31.1 Å². The SMILES string of the molecule is CC(C)(CCNC(=S)NCCCNC(=S)NCCC(C)(C)N1C(=S)C=C2SCCC2C1=S)N1C(=S)C=C2SCCC2C1=S. The van der Waals surface area contributed by atoms with E-state index in [1.165, 1.54) is 9.81 Å². The fourth-order valence-electron chi connectivity index (χ4n) is 5.75. The van der Waals surface area contributed by atoms with Gasteiger partial charge in [-0.3, -0.25) is 0 Å². The Hall–Kier alpha value is -0.480. The van der Waals surface area contributed by atoms with Gasteiger partial charge in [-0.15, -0.1) is 23.5 Å². The van der Waals surface area contributed by atoms with Gasteiger partial charge in [-0.2, -0.15) is 0 Å². The standard InChI is InChI=1S/C29H42N6S8/c1-28(2,34-22(36)16-20-18(24(34)38)6-14-42-20)8-12-32-26(40)30-10-5-11-31-27(41)33-13-9-29(3,4)35-23(37)17-21-19(25(35)39)7-15-43-21/h16-19H,5-15H2,1-4H3,(H2,30,32,40)(H2,31,33,41). The van der Waals surface area contributed by atoms with Crippen LogP contribution in [0.5, 0.6) is 0 Å². The van der Waals surface area contributed by atoms with Crippen LogP contribution in [0.15, 0.2) is 22.0 Å². The quantitative estimate of drug-likeness (QED) is 0.143. The van der Waals surface area contributed by atoms with Crippen molar-refractivity contribution in [2.45, 2.75) is 70.9 Å². The predicted molar refractivity (Wildman–Crippen MR) is 211 cm³/mol. The second-order valence-corrected chi connectivity index (χ2v) is 17.2. The molecule has 43 heavy (non-hydrogen) atoms. The third kappa shape index (κ3) is 8.87. The molecule has 4 aliphatic heterocycles. The Balaban J connectivity index is 1.07. The second kappa shape index (κ2) is 15.4. The third-order valence-corrected chi connectivity index (χ3v) is 12.7. The highest BCUT2D eigenvalue weighted by Gasteiger charge is 2.41. The summed E-state index contributed by atoms with van der Waals surface area (Å²) in [5, 5.41) is 14.6. The number of nitrogens with zero attached hydrogens (tertiary/aromatic N) is 2. The fourth-order valence-corrected chi connectivity index (χ4v) is 11.1. The largest absolute Gasteiger partial charge is 0.363 e. The molecule has 236 valence electrons. The van der Waals surface area contributed by atoms with E-state index in [9.17, 15) is 0 Å². The smallest absolute Gasteiger partial charge is 0.166 e. The van der Waals surface area contributed by atoms with Crippen molar-refractivity contribution in [1.29, 1.82) is 0 Å². The Labute approximate surface area is 298 Å². The highest BCUT2D eigenvalue weighted by atomic mass is 32.2. The first kappa shape index (κ1) is 35.4. The summed E-state index contributed by atoms with van der Waals surface area (Å²) in [4.78, 5) is 10.6. The lowest BCUT2D eigenvalue weighted by Crippen LogP contribution is -2.54. The second-order valence-electron chi connectivity index (χ2n) is 12.3. The van der Waals surface area contributed by atoms with Crippen LogP contribution in [0.4, 0.5) is 0 Å². The Morgan fingerprint density at radius 3 is 1.47 bits per heavy atom. The summed E-state index contributed by atoms with van der Waals surface area (Å²) in [6, 6.07) is 0. The summed E-state index contributed by atoms with van der Waals surface area (Å²) < 4.78 is 0. The van der Waals surface area contributed by atoms with Crippen molar-refractivity contribution in [3.8, 4) is 0 Å². The zero-order valence-corrected chi connectivity index (χ0v) is 31.8. The summed E-state index contributed by atoms with van der Waals surface area (Å²) in [5.74, 6) is 2.93. The lowest BCUT2D eigenvalue weighted by molar-refractivity contribution is 0.287. The molecule has 2 saturated heterocycles. The molecule has 0 aliphatic carbocycles. The van der Waals surface area contributed by atoms with Gasteiger partial charge in [-0.25, -0.2) is 0 Å². The zero-order valence-electron chi connectivity index (χ0n) is 25.2. The fraction of sp³-hybridized carbons (Fsp3) is 0.655. The van der Waals surface area contributed by atoms with Gasteiger partial charge in [0.25, 0.3) is 0 Å². The van der Waals surface area contributed by atoms with Gasteiger partial charge in [0.05, 0.1) is 9.98 Å². The maximum atomic E-state index is 5.87. The van der Waals surface area contributed by atoms with Gasteiger partial charge in [0.2, 0.25) is 0 Å². The van der Waals surface area contributed by atoms with Gasteiger partial charge >= 0.3 is 0 Å². The molecule has 4 heterocycles. The Bertz CT molecular complexity index is 1130. The van der Waals surface area contributed by atoms with Crippen LogP contribution >= 0.6 is 96.8 Å². The van der Waals surface area contributed by atoms with E-state index in [-0.39, 0.29) is 11.1 Å². The molecule has 0 aromatic heterocycles. The average molecular weight is 731 g/mol. The number of hydrogen-bond acceptors (Lipinski definition) is 8. The van der Waals surface area contributed by atoms with Gasteiger partial charge in [0.15, 0.2) is 10.2 Å². The molecule has 0 radical (unpaired) electrons. The normalized spacial score (nSPS) is 22.1. The Morgan fingerprint density at radius 1 is 0.698 bits per heavy atom. The number of thiocarbonyl (C=S) groups is 6. The van der Waals surface area contributed by atoms with E-state index in [0.717, 1.165) is 89.7 Å². The van der Waals surface area contributed by atoms with E-state index in [0.29, 0.717) is 22.1 Å². The van der Waals surface area contributed by atoms with Crippen molar-refractivity contribution in [2.75, 3.05) is 37.7 Å². The molecule has 2 unspecified atom stereocenters. The molecule has 2 fully saturated rings. The van der Waals surface area contributed by atoms with Gasteiger partial charge in [0.1, 0.15) is 9.98 Å². The van der Waals surface area contributed by atoms with Gasteiger partial charge in [0, 0.05) is 49.1 Å². The minimum atomic E-state index is -0.185. The maximum Gasteiger partial charge on any atom is 0.166 e. The Kier molecular flexibility index (Phi) is 12.7. The van der Waals surface area contributed by atoms with E-state index >= 15 is 0 Å². The van der Waals surface area contributed by atoms with Crippen LogP contribution < -0.4 is 21.3 Å². The predicted octanol–water partition coefficient (Wildman–Crippen LogP) is 5.86. The van der Waals surface area contributed by atoms with Crippen molar-refractivity contribution in [3.63, 3.8) is 0 Å². The summed E-state index contributed by atoms with van der Waals surface area (Å²) in [7, 11) is 0. The Morgan fingerprint density at radius 2 is 1.07 bits per heavy atom. The molecule has 0 amide bonds. The van der Waals surface area contributed by atoms with Crippen LogP contribution in [0.2, 0.25) is 0 Å².